The van der Waals surface area contributed by atoms with E-state index in [9.17, 15) is 9.59 Å². The highest BCUT2D eigenvalue weighted by Crippen LogP contribution is 2.32. The summed E-state index contributed by atoms with van der Waals surface area (Å²) in [7, 11) is 0. The average molecular weight is 321 g/mol. The number of thiazole rings is 1. The SMILES string of the molecule is Cc1ccccc1C(=O)Nc1nc(C)c(SCC(N)=O)s1. The van der Waals surface area contributed by atoms with Gasteiger partial charge in [0.25, 0.3) is 5.91 Å². The van der Waals surface area contributed by atoms with E-state index in [2.05, 4.69) is 10.3 Å². The Morgan fingerprint density at radius 1 is 1.33 bits per heavy atom. The monoisotopic (exact) mass is 321 g/mol. The van der Waals surface area contributed by atoms with Gasteiger partial charge in [-0.2, -0.15) is 0 Å². The Bertz CT molecular complexity index is 683. The van der Waals surface area contributed by atoms with Crippen molar-refractivity contribution >= 4 is 40.0 Å². The lowest BCUT2D eigenvalue weighted by Gasteiger charge is -2.04. The van der Waals surface area contributed by atoms with Crippen molar-refractivity contribution in [3.63, 3.8) is 0 Å². The van der Waals surface area contributed by atoms with Crippen LogP contribution in [0, 0.1) is 13.8 Å². The van der Waals surface area contributed by atoms with Crippen molar-refractivity contribution in [3.8, 4) is 0 Å². The van der Waals surface area contributed by atoms with E-state index in [1.54, 1.807) is 6.07 Å². The predicted octanol–water partition coefficient (Wildman–Crippen LogP) is 2.59. The Morgan fingerprint density at radius 2 is 2.05 bits per heavy atom. The highest BCUT2D eigenvalue weighted by Gasteiger charge is 2.13. The topological polar surface area (TPSA) is 85.1 Å². The van der Waals surface area contributed by atoms with Crippen LogP contribution in [-0.2, 0) is 4.79 Å². The Hall–Kier alpha value is -1.86. The van der Waals surface area contributed by atoms with Gasteiger partial charge in [-0.25, -0.2) is 4.98 Å². The van der Waals surface area contributed by atoms with E-state index in [4.69, 9.17) is 5.73 Å². The molecule has 0 aliphatic rings. The summed E-state index contributed by atoms with van der Waals surface area (Å²) < 4.78 is 0.883. The van der Waals surface area contributed by atoms with E-state index in [-0.39, 0.29) is 17.6 Å². The maximum atomic E-state index is 12.2. The minimum atomic E-state index is -0.377. The predicted molar refractivity (Wildman–Crippen MR) is 85.9 cm³/mol. The molecule has 1 heterocycles. The smallest absolute Gasteiger partial charge is 0.257 e. The molecule has 2 rings (SSSR count). The number of anilines is 1. The van der Waals surface area contributed by atoms with Crippen LogP contribution in [-0.4, -0.2) is 22.6 Å². The van der Waals surface area contributed by atoms with Crippen molar-refractivity contribution in [2.24, 2.45) is 5.73 Å². The normalized spacial score (nSPS) is 10.4. The summed E-state index contributed by atoms with van der Waals surface area (Å²) in [4.78, 5) is 27.3. The standard InChI is InChI=1S/C14H15N3O2S2/c1-8-5-3-4-6-10(8)12(19)17-14-16-9(2)13(21-14)20-7-11(15)18/h3-6H,7H2,1-2H3,(H2,15,18)(H,16,17,19). The van der Waals surface area contributed by atoms with Gasteiger partial charge in [0.1, 0.15) is 0 Å². The van der Waals surface area contributed by atoms with Crippen LogP contribution in [0.25, 0.3) is 0 Å². The summed E-state index contributed by atoms with van der Waals surface area (Å²) in [6.45, 7) is 3.72. The van der Waals surface area contributed by atoms with Crippen molar-refractivity contribution in [2.75, 3.05) is 11.1 Å². The number of primary amides is 1. The number of aromatic nitrogens is 1. The van der Waals surface area contributed by atoms with Crippen LogP contribution >= 0.6 is 23.1 Å². The minimum absolute atomic E-state index is 0.187. The summed E-state index contributed by atoms with van der Waals surface area (Å²) in [5.41, 5.74) is 7.44. The number of amides is 2. The number of rotatable bonds is 5. The molecule has 0 saturated carbocycles. The molecule has 2 aromatic rings. The molecule has 0 atom stereocenters. The van der Waals surface area contributed by atoms with Crippen molar-refractivity contribution in [2.45, 2.75) is 18.1 Å². The summed E-state index contributed by atoms with van der Waals surface area (Å²) in [6.07, 6.45) is 0. The molecule has 0 aliphatic heterocycles. The lowest BCUT2D eigenvalue weighted by atomic mass is 10.1. The van der Waals surface area contributed by atoms with Gasteiger partial charge in [-0.3, -0.25) is 14.9 Å². The Balaban J connectivity index is 2.10. The first kappa shape index (κ1) is 15.5. The lowest BCUT2D eigenvalue weighted by molar-refractivity contribution is -0.115. The van der Waals surface area contributed by atoms with Crippen LogP contribution in [0.5, 0.6) is 0 Å². The van der Waals surface area contributed by atoms with Crippen LogP contribution < -0.4 is 11.1 Å². The molecule has 21 heavy (non-hydrogen) atoms. The Morgan fingerprint density at radius 3 is 2.71 bits per heavy atom. The van der Waals surface area contributed by atoms with E-state index in [0.29, 0.717) is 10.7 Å². The van der Waals surface area contributed by atoms with Gasteiger partial charge in [0.2, 0.25) is 5.91 Å². The van der Waals surface area contributed by atoms with Crippen LogP contribution in [0.4, 0.5) is 5.13 Å². The zero-order chi connectivity index (χ0) is 15.4. The first-order chi connectivity index (χ1) is 9.97. The number of carbonyl (C=O) groups is 2. The van der Waals surface area contributed by atoms with Crippen molar-refractivity contribution in [1.82, 2.24) is 4.98 Å². The van der Waals surface area contributed by atoms with Crippen molar-refractivity contribution in [1.29, 1.82) is 0 Å². The number of nitrogens with one attached hydrogen (secondary N) is 1. The molecule has 1 aromatic carbocycles. The van der Waals surface area contributed by atoms with Crippen LogP contribution in [0.15, 0.2) is 28.5 Å². The van der Waals surface area contributed by atoms with Gasteiger partial charge in [-0.1, -0.05) is 29.5 Å². The molecule has 0 radical (unpaired) electrons. The molecular formula is C14H15N3O2S2. The molecule has 110 valence electrons. The number of hydrogen-bond acceptors (Lipinski definition) is 5. The summed E-state index contributed by atoms with van der Waals surface area (Å²) >= 11 is 2.67. The molecule has 0 bridgehead atoms. The van der Waals surface area contributed by atoms with Gasteiger partial charge in [0, 0.05) is 5.56 Å². The molecule has 0 aliphatic carbocycles. The summed E-state index contributed by atoms with van der Waals surface area (Å²) in [5.74, 6) is -0.361. The van der Waals surface area contributed by atoms with E-state index < -0.39 is 0 Å². The average Bonchev–Trinajstić information content (AvgIpc) is 2.76. The maximum absolute atomic E-state index is 12.2. The molecule has 2 amide bonds. The van der Waals surface area contributed by atoms with Gasteiger partial charge in [-0.15, -0.1) is 11.8 Å². The van der Waals surface area contributed by atoms with Crippen LogP contribution in [0.3, 0.4) is 0 Å². The lowest BCUT2D eigenvalue weighted by Crippen LogP contribution is -2.13. The molecule has 1 aromatic heterocycles. The van der Waals surface area contributed by atoms with Crippen LogP contribution in [0.2, 0.25) is 0 Å². The largest absolute Gasteiger partial charge is 0.369 e. The van der Waals surface area contributed by atoms with Gasteiger partial charge >= 0.3 is 0 Å². The quantitative estimate of drug-likeness (QED) is 0.829. The highest BCUT2D eigenvalue weighted by molar-refractivity contribution is 8.01. The minimum Gasteiger partial charge on any atom is -0.369 e. The Labute approximate surface area is 131 Å². The van der Waals surface area contributed by atoms with E-state index in [1.807, 2.05) is 32.0 Å². The van der Waals surface area contributed by atoms with Gasteiger partial charge in [0.15, 0.2) is 5.13 Å². The fourth-order valence-electron chi connectivity index (χ4n) is 1.70. The number of carbonyl (C=O) groups excluding carboxylic acids is 2. The number of benzene rings is 1. The van der Waals surface area contributed by atoms with Gasteiger partial charge in [0.05, 0.1) is 15.7 Å². The Kier molecular flexibility index (Phi) is 4.98. The fourth-order valence-corrected chi connectivity index (χ4v) is 3.57. The molecule has 7 heteroatoms. The molecular weight excluding hydrogens is 306 g/mol. The number of hydrogen-bond donors (Lipinski definition) is 2. The van der Waals surface area contributed by atoms with Crippen LogP contribution in [0.1, 0.15) is 21.6 Å². The van der Waals surface area contributed by atoms with E-state index in [0.717, 1.165) is 15.5 Å². The van der Waals surface area contributed by atoms with E-state index in [1.165, 1.54) is 23.1 Å². The number of nitrogens with two attached hydrogens (primary N) is 1. The molecule has 0 unspecified atom stereocenters. The third kappa shape index (κ3) is 4.05. The third-order valence-corrected chi connectivity index (χ3v) is 5.17. The first-order valence-corrected chi connectivity index (χ1v) is 8.03. The first-order valence-electron chi connectivity index (χ1n) is 6.23. The molecule has 0 fully saturated rings. The molecule has 0 saturated heterocycles. The molecule has 3 N–H and O–H groups in total. The fraction of sp³-hybridized carbons (Fsp3) is 0.214. The maximum Gasteiger partial charge on any atom is 0.257 e. The highest BCUT2D eigenvalue weighted by atomic mass is 32.2. The summed E-state index contributed by atoms with van der Waals surface area (Å²) in [5, 5.41) is 3.31. The number of aryl methyl sites for hydroxylation is 2. The second-order valence-corrected chi connectivity index (χ2v) is 6.66. The zero-order valence-corrected chi connectivity index (χ0v) is 13.3. The van der Waals surface area contributed by atoms with Crippen molar-refractivity contribution < 1.29 is 9.59 Å². The van der Waals surface area contributed by atoms with Gasteiger partial charge < -0.3 is 5.73 Å². The number of thioether (sulfide) groups is 1. The molecule has 0 spiro atoms. The number of nitrogens with zero attached hydrogens (tertiary/aromatic N) is 1. The van der Waals surface area contributed by atoms with Gasteiger partial charge in [-0.05, 0) is 25.5 Å². The second-order valence-electron chi connectivity index (χ2n) is 4.42. The van der Waals surface area contributed by atoms with Crippen molar-refractivity contribution in [3.05, 3.63) is 41.1 Å². The van der Waals surface area contributed by atoms with E-state index >= 15 is 0 Å². The zero-order valence-electron chi connectivity index (χ0n) is 11.7. The molecule has 5 nitrogen and oxygen atoms in total. The summed E-state index contributed by atoms with van der Waals surface area (Å²) in [6, 6.07) is 7.37. The third-order valence-electron chi connectivity index (χ3n) is 2.71. The second kappa shape index (κ2) is 6.73.